The van der Waals surface area contributed by atoms with E-state index < -0.39 is 0 Å². The van der Waals surface area contributed by atoms with Crippen molar-refractivity contribution in [1.29, 1.82) is 0 Å². The van der Waals surface area contributed by atoms with Crippen LogP contribution in [-0.4, -0.2) is 12.7 Å². The van der Waals surface area contributed by atoms with Crippen molar-refractivity contribution in [2.45, 2.75) is 180 Å². The summed E-state index contributed by atoms with van der Waals surface area (Å²) < 4.78 is 6.37. The van der Waals surface area contributed by atoms with E-state index in [0.29, 0.717) is 6.10 Å². The highest BCUT2D eigenvalue weighted by atomic mass is 16.5. The first kappa shape index (κ1) is 31.7. The molecular weight excluding hydrogens is 460 g/mol. The summed E-state index contributed by atoms with van der Waals surface area (Å²) in [5.41, 5.74) is 3.10. The first-order valence-corrected chi connectivity index (χ1v) is 17.5. The van der Waals surface area contributed by atoms with Gasteiger partial charge in [-0.05, 0) is 80.2 Å². The van der Waals surface area contributed by atoms with Gasteiger partial charge >= 0.3 is 0 Å². The van der Waals surface area contributed by atoms with E-state index >= 15 is 0 Å². The zero-order chi connectivity index (χ0) is 26.7. The third-order valence-corrected chi connectivity index (χ3v) is 9.99. The van der Waals surface area contributed by atoms with E-state index in [1.165, 1.54) is 160 Å². The predicted molar refractivity (Wildman–Crippen MR) is 167 cm³/mol. The number of ether oxygens (including phenoxy) is 1. The van der Waals surface area contributed by atoms with Crippen molar-refractivity contribution in [2.24, 2.45) is 11.8 Å². The van der Waals surface area contributed by atoms with Gasteiger partial charge in [0.15, 0.2) is 0 Å². The maximum Gasteiger partial charge on any atom is 0.0575 e. The average molecular weight is 525 g/mol. The maximum atomic E-state index is 6.37. The monoisotopic (exact) mass is 524 g/mol. The summed E-state index contributed by atoms with van der Waals surface area (Å²) >= 11 is 0. The van der Waals surface area contributed by atoms with Gasteiger partial charge in [-0.25, -0.2) is 0 Å². The summed E-state index contributed by atoms with van der Waals surface area (Å²) in [5.74, 6) is 2.78. The third kappa shape index (κ3) is 13.0. The Kier molecular flexibility index (Phi) is 16.8. The van der Waals surface area contributed by atoms with Crippen molar-refractivity contribution < 1.29 is 4.74 Å². The van der Waals surface area contributed by atoms with E-state index in [0.717, 1.165) is 24.4 Å². The first-order valence-electron chi connectivity index (χ1n) is 17.5. The van der Waals surface area contributed by atoms with Crippen LogP contribution in [0.5, 0.6) is 0 Å². The zero-order valence-electron chi connectivity index (χ0n) is 25.7. The predicted octanol–water partition coefficient (Wildman–Crippen LogP) is 12.0. The average Bonchev–Trinajstić information content (AvgIpc) is 2.96. The quantitative estimate of drug-likeness (QED) is 0.154. The molecule has 2 aliphatic rings. The van der Waals surface area contributed by atoms with Crippen LogP contribution in [0.1, 0.15) is 179 Å². The fraction of sp³-hybridized carbons (Fsp3) is 0.838. The summed E-state index contributed by atoms with van der Waals surface area (Å²) in [6.07, 6.45) is 34.1. The van der Waals surface area contributed by atoms with Crippen molar-refractivity contribution in [3.05, 3.63) is 35.4 Å². The minimum Gasteiger partial charge on any atom is -0.378 e. The topological polar surface area (TPSA) is 9.23 Å². The van der Waals surface area contributed by atoms with E-state index in [9.17, 15) is 0 Å². The molecule has 0 aliphatic heterocycles. The normalized spacial score (nSPS) is 24.1. The summed E-state index contributed by atoms with van der Waals surface area (Å²) in [6.45, 7) is 5.61. The summed E-state index contributed by atoms with van der Waals surface area (Å²) in [4.78, 5) is 0. The fourth-order valence-corrected chi connectivity index (χ4v) is 7.27. The van der Waals surface area contributed by atoms with Crippen LogP contribution in [0.15, 0.2) is 24.3 Å². The van der Waals surface area contributed by atoms with E-state index in [4.69, 9.17) is 4.74 Å². The molecule has 2 saturated carbocycles. The molecule has 3 rings (SSSR count). The second-order valence-corrected chi connectivity index (χ2v) is 13.2. The van der Waals surface area contributed by atoms with Crippen LogP contribution in [0.2, 0.25) is 0 Å². The van der Waals surface area contributed by atoms with Crippen LogP contribution in [0.3, 0.4) is 0 Å². The molecule has 0 heterocycles. The van der Waals surface area contributed by atoms with Gasteiger partial charge in [-0.1, -0.05) is 141 Å². The lowest BCUT2D eigenvalue weighted by Gasteiger charge is -2.30. The highest BCUT2D eigenvalue weighted by Crippen LogP contribution is 2.36. The smallest absolute Gasteiger partial charge is 0.0575 e. The number of hydrogen-bond acceptors (Lipinski definition) is 1. The highest BCUT2D eigenvalue weighted by molar-refractivity contribution is 5.26. The minimum atomic E-state index is 0.520. The first-order chi connectivity index (χ1) is 18.8. The van der Waals surface area contributed by atoms with Crippen molar-refractivity contribution >= 4 is 0 Å². The number of aryl methyl sites for hydroxylation is 1. The molecule has 0 aromatic heterocycles. The van der Waals surface area contributed by atoms with Gasteiger partial charge in [-0.3, -0.25) is 0 Å². The lowest BCUT2D eigenvalue weighted by molar-refractivity contribution is 0.0204. The Bertz CT molecular complexity index is 662. The lowest BCUT2D eigenvalue weighted by atomic mass is 9.78. The van der Waals surface area contributed by atoms with Gasteiger partial charge in [0.2, 0.25) is 0 Å². The van der Waals surface area contributed by atoms with Crippen LogP contribution < -0.4 is 0 Å². The van der Waals surface area contributed by atoms with Crippen LogP contribution in [0.25, 0.3) is 0 Å². The van der Waals surface area contributed by atoms with Crippen LogP contribution in [-0.2, 0) is 11.2 Å². The van der Waals surface area contributed by atoms with Gasteiger partial charge in [-0.15, -0.1) is 0 Å². The van der Waals surface area contributed by atoms with Crippen LogP contribution >= 0.6 is 0 Å². The Labute approximate surface area is 238 Å². The Morgan fingerprint density at radius 3 is 1.68 bits per heavy atom. The maximum absolute atomic E-state index is 6.37. The second-order valence-electron chi connectivity index (χ2n) is 13.2. The molecule has 0 unspecified atom stereocenters. The van der Waals surface area contributed by atoms with Crippen molar-refractivity contribution in [1.82, 2.24) is 0 Å². The van der Waals surface area contributed by atoms with Crippen LogP contribution in [0.4, 0.5) is 0 Å². The zero-order valence-corrected chi connectivity index (χ0v) is 25.7. The molecule has 2 fully saturated rings. The highest BCUT2D eigenvalue weighted by Gasteiger charge is 2.24. The van der Waals surface area contributed by atoms with Crippen molar-refractivity contribution in [3.63, 3.8) is 0 Å². The number of hydrogen-bond donors (Lipinski definition) is 0. The molecular formula is C37H64O. The summed E-state index contributed by atoms with van der Waals surface area (Å²) in [7, 11) is 0. The third-order valence-electron chi connectivity index (χ3n) is 9.99. The SMILES string of the molecule is CCCCCCCCC[C@H]1CC[C@H](CCCO[C@H]2CC[C@H](c3ccc(CCCCCCC)cc3)CC2)CC1. The van der Waals surface area contributed by atoms with Gasteiger partial charge < -0.3 is 4.74 Å². The number of unbranched alkanes of at least 4 members (excludes halogenated alkanes) is 10. The standard InChI is InChI=1S/C37H64O/c1-3-5-7-9-10-12-14-16-32-19-21-34(22-20-32)18-15-31-38-37-29-27-36(28-30-37)35-25-23-33(24-26-35)17-13-11-8-6-4-2/h23-26,32,34,36-37H,3-22,27-31H2,1-2H3/t32-,34-,36-,37-. The van der Waals surface area contributed by atoms with E-state index in [1.807, 2.05) is 0 Å². The summed E-state index contributed by atoms with van der Waals surface area (Å²) in [5, 5.41) is 0. The molecule has 0 radical (unpaired) electrons. The molecule has 1 aromatic rings. The molecule has 0 spiro atoms. The van der Waals surface area contributed by atoms with Gasteiger partial charge in [0.1, 0.15) is 0 Å². The molecule has 218 valence electrons. The lowest BCUT2D eigenvalue weighted by Crippen LogP contribution is -2.21. The molecule has 0 saturated heterocycles. The molecule has 1 aromatic carbocycles. The molecule has 1 heteroatoms. The van der Waals surface area contributed by atoms with E-state index in [2.05, 4.69) is 38.1 Å². The molecule has 0 N–H and O–H groups in total. The Balaban J connectivity index is 1.17. The molecule has 2 aliphatic carbocycles. The van der Waals surface area contributed by atoms with Gasteiger partial charge in [-0.2, -0.15) is 0 Å². The minimum absolute atomic E-state index is 0.520. The Morgan fingerprint density at radius 2 is 1.08 bits per heavy atom. The number of rotatable bonds is 20. The Hall–Kier alpha value is -0.820. The van der Waals surface area contributed by atoms with E-state index in [1.54, 1.807) is 5.56 Å². The molecule has 1 nitrogen and oxygen atoms in total. The molecule has 0 amide bonds. The number of benzene rings is 1. The van der Waals surface area contributed by atoms with Gasteiger partial charge in [0.25, 0.3) is 0 Å². The summed E-state index contributed by atoms with van der Waals surface area (Å²) in [6, 6.07) is 9.66. The van der Waals surface area contributed by atoms with Gasteiger partial charge in [0, 0.05) is 6.61 Å². The second kappa shape index (κ2) is 20.1. The van der Waals surface area contributed by atoms with Crippen LogP contribution in [0, 0.1) is 11.8 Å². The largest absolute Gasteiger partial charge is 0.378 e. The molecule has 38 heavy (non-hydrogen) atoms. The Morgan fingerprint density at radius 1 is 0.553 bits per heavy atom. The van der Waals surface area contributed by atoms with Crippen molar-refractivity contribution in [2.75, 3.05) is 6.61 Å². The molecule has 0 bridgehead atoms. The van der Waals surface area contributed by atoms with Crippen molar-refractivity contribution in [3.8, 4) is 0 Å². The van der Waals surface area contributed by atoms with Gasteiger partial charge in [0.05, 0.1) is 6.10 Å². The fourth-order valence-electron chi connectivity index (χ4n) is 7.27. The van der Waals surface area contributed by atoms with E-state index in [-0.39, 0.29) is 0 Å². The molecule has 0 atom stereocenters.